The quantitative estimate of drug-likeness (QED) is 0.306. The lowest BCUT2D eigenvalue weighted by molar-refractivity contribution is -0.116. The van der Waals surface area contributed by atoms with Gasteiger partial charge >= 0.3 is 0 Å². The van der Waals surface area contributed by atoms with E-state index < -0.39 is 6.04 Å². The maximum atomic E-state index is 13.7. The molecule has 4 aromatic rings. The summed E-state index contributed by atoms with van der Waals surface area (Å²) in [7, 11) is 0. The second-order valence-electron chi connectivity index (χ2n) is 8.88. The summed E-state index contributed by atoms with van der Waals surface area (Å²) < 4.78 is 5.81. The normalized spacial score (nSPS) is 19.4. The minimum Gasteiger partial charge on any atom is -0.464 e. The molecule has 0 spiro atoms. The molecule has 2 N–H and O–H groups in total. The number of rotatable bonds is 2. The third-order valence-corrected chi connectivity index (χ3v) is 7.21. The van der Waals surface area contributed by atoms with E-state index in [9.17, 15) is 9.59 Å². The Hall–Kier alpha value is -3.54. The number of para-hydroxylation sites is 2. The Morgan fingerprint density at radius 1 is 0.857 bits per heavy atom. The Bertz CT molecular complexity index is 1570. The number of hydrogen-bond acceptors (Lipinski definition) is 5. The molecule has 1 aromatic heterocycles. The Morgan fingerprint density at radius 3 is 2.40 bits per heavy atom. The first-order chi connectivity index (χ1) is 17.0. The highest BCUT2D eigenvalue weighted by Gasteiger charge is 2.37. The molecule has 174 valence electrons. The van der Waals surface area contributed by atoms with Gasteiger partial charge in [-0.25, -0.2) is 0 Å². The lowest BCUT2D eigenvalue weighted by Crippen LogP contribution is -2.29. The highest BCUT2D eigenvalue weighted by Crippen LogP contribution is 2.44. The highest BCUT2D eigenvalue weighted by molar-refractivity contribution is 6.31. The Kier molecular flexibility index (Phi) is 5.39. The molecule has 2 atom stereocenters. The van der Waals surface area contributed by atoms with Crippen molar-refractivity contribution in [2.45, 2.75) is 24.8 Å². The molecule has 0 radical (unpaired) electrons. The lowest BCUT2D eigenvalue weighted by atomic mass is 9.78. The number of anilines is 2. The number of nitrogens with one attached hydrogen (secondary N) is 2. The fraction of sp³-hybridized carbons (Fsp3) is 0.143. The molecule has 7 heteroatoms. The second kappa shape index (κ2) is 8.59. The van der Waals surface area contributed by atoms with Crippen LogP contribution in [0.1, 0.15) is 35.9 Å². The predicted molar refractivity (Wildman–Crippen MR) is 139 cm³/mol. The van der Waals surface area contributed by atoms with Crippen molar-refractivity contribution in [3.8, 4) is 0 Å². The van der Waals surface area contributed by atoms with E-state index in [0.29, 0.717) is 45.0 Å². The molecule has 6 rings (SSSR count). The Balaban J connectivity index is 1.51. The van der Waals surface area contributed by atoms with Crippen LogP contribution in [0.3, 0.4) is 0 Å². The zero-order valence-corrected chi connectivity index (χ0v) is 20.0. The molecule has 3 aromatic carbocycles. The van der Waals surface area contributed by atoms with E-state index in [1.54, 1.807) is 18.2 Å². The van der Waals surface area contributed by atoms with Crippen LogP contribution in [0.5, 0.6) is 0 Å². The van der Waals surface area contributed by atoms with Gasteiger partial charge < -0.3 is 15.1 Å². The van der Waals surface area contributed by atoms with Gasteiger partial charge in [0.1, 0.15) is 11.8 Å². The molecule has 1 aliphatic carbocycles. The van der Waals surface area contributed by atoms with Gasteiger partial charge in [0.15, 0.2) is 11.2 Å². The lowest BCUT2D eigenvalue weighted by Gasteiger charge is -2.29. The topological polar surface area (TPSA) is 71.3 Å². The molecule has 2 heterocycles. The van der Waals surface area contributed by atoms with E-state index in [4.69, 9.17) is 27.6 Å². The number of fused-ring (bicyclic) bond motifs is 2. The number of ketones is 1. The molecule has 0 amide bonds. The van der Waals surface area contributed by atoms with Crippen LogP contribution >= 0.6 is 23.2 Å². The number of Topliss-reactive ketones (excluding diaryl/α,β-unsaturated/α-hetero) is 1. The van der Waals surface area contributed by atoms with Crippen molar-refractivity contribution in [3.63, 3.8) is 0 Å². The van der Waals surface area contributed by atoms with Crippen molar-refractivity contribution in [2.24, 2.45) is 0 Å². The maximum absolute atomic E-state index is 13.7. The van der Waals surface area contributed by atoms with Crippen LogP contribution in [0.4, 0.5) is 11.4 Å². The average molecular weight is 503 g/mol. The summed E-state index contributed by atoms with van der Waals surface area (Å²) in [4.78, 5) is 27.3. The maximum Gasteiger partial charge on any atom is 0.198 e. The summed E-state index contributed by atoms with van der Waals surface area (Å²) in [5.41, 5.74) is 4.65. The number of benzene rings is 3. The van der Waals surface area contributed by atoms with Gasteiger partial charge in [-0.2, -0.15) is 0 Å². The van der Waals surface area contributed by atoms with E-state index in [-0.39, 0.29) is 17.1 Å². The SMILES string of the molecule is O=C1CC(c2ccc(Cl)cc2)CC2=C1C(c1coc3ccc(Cl)cc3c1=O)Nc1ccccc1N2. The molecular formula is C28H20Cl2N2O3. The first kappa shape index (κ1) is 22.0. The van der Waals surface area contributed by atoms with E-state index in [0.717, 1.165) is 22.6 Å². The molecule has 0 fully saturated rings. The van der Waals surface area contributed by atoms with E-state index >= 15 is 0 Å². The van der Waals surface area contributed by atoms with Crippen LogP contribution in [0, 0.1) is 0 Å². The molecule has 0 saturated heterocycles. The van der Waals surface area contributed by atoms with Crippen LogP contribution in [0.2, 0.25) is 10.0 Å². The van der Waals surface area contributed by atoms with Gasteiger partial charge in [-0.15, -0.1) is 0 Å². The minimum absolute atomic E-state index is 0.00347. The van der Waals surface area contributed by atoms with Crippen molar-refractivity contribution < 1.29 is 9.21 Å². The Morgan fingerprint density at radius 2 is 1.60 bits per heavy atom. The van der Waals surface area contributed by atoms with Crippen molar-refractivity contribution in [1.29, 1.82) is 0 Å². The first-order valence-corrected chi connectivity index (χ1v) is 12.1. The van der Waals surface area contributed by atoms with Crippen LogP contribution in [-0.2, 0) is 4.79 Å². The van der Waals surface area contributed by atoms with E-state index in [1.807, 2.05) is 48.5 Å². The van der Waals surface area contributed by atoms with E-state index in [1.165, 1.54) is 6.26 Å². The van der Waals surface area contributed by atoms with Gasteiger partial charge in [-0.05, 0) is 60.4 Å². The smallest absolute Gasteiger partial charge is 0.198 e. The Labute approximate surface area is 211 Å². The van der Waals surface area contributed by atoms with Gasteiger partial charge in [0, 0.05) is 27.7 Å². The zero-order chi connectivity index (χ0) is 24.1. The molecule has 1 aliphatic heterocycles. The summed E-state index contributed by atoms with van der Waals surface area (Å²) in [6.07, 6.45) is 2.41. The predicted octanol–water partition coefficient (Wildman–Crippen LogP) is 7.08. The van der Waals surface area contributed by atoms with Gasteiger partial charge in [0.2, 0.25) is 0 Å². The number of hydrogen-bond donors (Lipinski definition) is 2. The van der Waals surface area contributed by atoms with Crippen LogP contribution in [0.15, 0.2) is 93.5 Å². The molecule has 0 saturated carbocycles. The number of carbonyl (C=O) groups excluding carboxylic acids is 1. The van der Waals surface area contributed by atoms with Crippen LogP contribution in [0.25, 0.3) is 11.0 Å². The molecule has 5 nitrogen and oxygen atoms in total. The van der Waals surface area contributed by atoms with Crippen molar-refractivity contribution in [1.82, 2.24) is 0 Å². The molecule has 2 unspecified atom stereocenters. The molecule has 0 bridgehead atoms. The summed E-state index contributed by atoms with van der Waals surface area (Å²) in [6.45, 7) is 0. The summed E-state index contributed by atoms with van der Waals surface area (Å²) in [5.74, 6) is -0.0154. The number of halogens is 2. The standard InChI is InChI=1S/C28H20Cl2N2O3/c29-17-7-5-15(6-8-17)16-11-23-26(24(33)12-16)27(32-22-4-2-1-3-21(22)31-23)20-14-35-25-10-9-18(30)13-19(25)28(20)34/h1-10,13-14,16,27,31-32H,11-12H2. The zero-order valence-electron chi connectivity index (χ0n) is 18.5. The molecule has 2 aliphatic rings. The van der Waals surface area contributed by atoms with Gasteiger partial charge in [0.25, 0.3) is 0 Å². The summed E-state index contributed by atoms with van der Waals surface area (Å²) >= 11 is 12.2. The number of carbonyl (C=O) groups is 1. The first-order valence-electron chi connectivity index (χ1n) is 11.3. The summed E-state index contributed by atoms with van der Waals surface area (Å²) in [6, 6.07) is 19.6. The molecule has 35 heavy (non-hydrogen) atoms. The highest BCUT2D eigenvalue weighted by atomic mass is 35.5. The largest absolute Gasteiger partial charge is 0.464 e. The number of allylic oxidation sites excluding steroid dienone is 1. The van der Waals surface area contributed by atoms with Crippen molar-refractivity contribution in [3.05, 3.63) is 116 Å². The third-order valence-electron chi connectivity index (χ3n) is 6.72. The van der Waals surface area contributed by atoms with Gasteiger partial charge in [-0.1, -0.05) is 47.5 Å². The minimum atomic E-state index is -0.667. The second-order valence-corrected chi connectivity index (χ2v) is 9.75. The van der Waals surface area contributed by atoms with E-state index in [2.05, 4.69) is 10.6 Å². The van der Waals surface area contributed by atoms with Crippen LogP contribution in [-0.4, -0.2) is 5.78 Å². The fourth-order valence-corrected chi connectivity index (χ4v) is 5.31. The summed E-state index contributed by atoms with van der Waals surface area (Å²) in [5, 5.41) is 8.41. The van der Waals surface area contributed by atoms with Crippen molar-refractivity contribution >= 4 is 51.3 Å². The van der Waals surface area contributed by atoms with Gasteiger partial charge in [0.05, 0.1) is 28.4 Å². The van der Waals surface area contributed by atoms with Crippen molar-refractivity contribution in [2.75, 3.05) is 10.6 Å². The fourth-order valence-electron chi connectivity index (χ4n) is 5.01. The van der Waals surface area contributed by atoms with Crippen LogP contribution < -0.4 is 16.1 Å². The monoisotopic (exact) mass is 502 g/mol. The van der Waals surface area contributed by atoms with Gasteiger partial charge in [-0.3, -0.25) is 9.59 Å². The average Bonchev–Trinajstić information content (AvgIpc) is 3.02. The third kappa shape index (κ3) is 3.91. The molecular weight excluding hydrogens is 483 g/mol.